The molecule has 0 aliphatic carbocycles. The lowest BCUT2D eigenvalue weighted by Gasteiger charge is -2.28. The summed E-state index contributed by atoms with van der Waals surface area (Å²) in [5.74, 6) is 0.958. The van der Waals surface area contributed by atoms with Crippen LogP contribution in [-0.2, 0) is 11.2 Å². The van der Waals surface area contributed by atoms with Crippen molar-refractivity contribution in [2.75, 3.05) is 18.8 Å². The Morgan fingerprint density at radius 3 is 2.86 bits per heavy atom. The van der Waals surface area contributed by atoms with Gasteiger partial charge in [0, 0.05) is 37.0 Å². The van der Waals surface area contributed by atoms with Crippen LogP contribution >= 0.6 is 11.8 Å². The van der Waals surface area contributed by atoms with Crippen molar-refractivity contribution in [3.8, 4) is 0 Å². The third-order valence-electron chi connectivity index (χ3n) is 4.37. The molecular weight excluding hydrogens is 298 g/mol. The molecule has 0 aromatic carbocycles. The van der Waals surface area contributed by atoms with Crippen LogP contribution in [0, 0.1) is 0 Å². The standard InChI is InChI=1S/C16H23N3O2S/c1-2-6-12-9-15(21)19-13(11-22-16(19)17-12)10-14(20)18-7-4-3-5-8-18/h9,13H,2-8,10-11H2,1H3. The van der Waals surface area contributed by atoms with E-state index >= 15 is 0 Å². The maximum Gasteiger partial charge on any atom is 0.254 e. The number of nitrogens with zero attached hydrogens (tertiary/aromatic N) is 3. The van der Waals surface area contributed by atoms with E-state index in [4.69, 9.17) is 0 Å². The number of carbonyl (C=O) groups is 1. The van der Waals surface area contributed by atoms with Crippen LogP contribution in [-0.4, -0.2) is 39.2 Å². The van der Waals surface area contributed by atoms with Gasteiger partial charge in [0.05, 0.1) is 6.04 Å². The van der Waals surface area contributed by atoms with Crippen LogP contribution in [0.25, 0.3) is 0 Å². The van der Waals surface area contributed by atoms with Crippen molar-refractivity contribution in [1.29, 1.82) is 0 Å². The number of aryl methyl sites for hydroxylation is 1. The fraction of sp³-hybridized carbons (Fsp3) is 0.688. The topological polar surface area (TPSA) is 55.2 Å². The smallest absolute Gasteiger partial charge is 0.254 e. The minimum atomic E-state index is -0.0369. The van der Waals surface area contributed by atoms with Gasteiger partial charge in [0.15, 0.2) is 5.16 Å². The van der Waals surface area contributed by atoms with E-state index in [9.17, 15) is 9.59 Å². The van der Waals surface area contributed by atoms with Crippen LogP contribution in [0.3, 0.4) is 0 Å². The summed E-state index contributed by atoms with van der Waals surface area (Å²) in [5.41, 5.74) is 0.865. The lowest BCUT2D eigenvalue weighted by atomic mass is 10.1. The maximum absolute atomic E-state index is 12.4. The zero-order valence-corrected chi connectivity index (χ0v) is 13.9. The number of thioether (sulfide) groups is 1. The molecule has 0 spiro atoms. The summed E-state index contributed by atoms with van der Waals surface area (Å²) in [5, 5.41) is 0.785. The van der Waals surface area contributed by atoms with E-state index in [0.717, 1.165) is 55.4 Å². The van der Waals surface area contributed by atoms with E-state index in [-0.39, 0.29) is 17.5 Å². The monoisotopic (exact) mass is 321 g/mol. The first-order valence-corrected chi connectivity index (χ1v) is 9.20. The summed E-state index contributed by atoms with van der Waals surface area (Å²) in [7, 11) is 0. The van der Waals surface area contributed by atoms with Crippen molar-refractivity contribution >= 4 is 17.7 Å². The van der Waals surface area contributed by atoms with E-state index in [1.165, 1.54) is 6.42 Å². The molecule has 2 aliphatic rings. The Kier molecular flexibility index (Phi) is 4.86. The molecule has 0 N–H and O–H groups in total. The molecule has 1 unspecified atom stereocenters. The van der Waals surface area contributed by atoms with Crippen LogP contribution in [0.2, 0.25) is 0 Å². The van der Waals surface area contributed by atoms with Gasteiger partial charge in [-0.15, -0.1) is 0 Å². The van der Waals surface area contributed by atoms with Gasteiger partial charge < -0.3 is 4.90 Å². The molecule has 3 heterocycles. The van der Waals surface area contributed by atoms with Crippen molar-refractivity contribution in [3.63, 3.8) is 0 Å². The highest BCUT2D eigenvalue weighted by Crippen LogP contribution is 2.32. The van der Waals surface area contributed by atoms with Gasteiger partial charge in [-0.2, -0.15) is 0 Å². The summed E-state index contributed by atoms with van der Waals surface area (Å²) in [6, 6.07) is 1.60. The normalized spacial score (nSPS) is 21.0. The number of aromatic nitrogens is 2. The lowest BCUT2D eigenvalue weighted by Crippen LogP contribution is -2.37. The number of hydrogen-bond donors (Lipinski definition) is 0. The van der Waals surface area contributed by atoms with Gasteiger partial charge in [0.25, 0.3) is 5.56 Å². The summed E-state index contributed by atoms with van der Waals surface area (Å²) in [4.78, 5) is 31.3. The molecule has 0 bridgehead atoms. The summed E-state index contributed by atoms with van der Waals surface area (Å²) in [6.45, 7) is 3.82. The van der Waals surface area contributed by atoms with Crippen molar-refractivity contribution in [3.05, 3.63) is 22.1 Å². The second kappa shape index (κ2) is 6.86. The lowest BCUT2D eigenvalue weighted by molar-refractivity contribution is -0.132. The number of likely N-dealkylation sites (tertiary alicyclic amines) is 1. The Morgan fingerprint density at radius 2 is 2.14 bits per heavy atom. The molecule has 1 amide bonds. The van der Waals surface area contributed by atoms with Crippen molar-refractivity contribution in [2.24, 2.45) is 0 Å². The van der Waals surface area contributed by atoms with E-state index in [1.54, 1.807) is 22.4 Å². The first-order chi connectivity index (χ1) is 10.7. The Balaban J connectivity index is 1.73. The zero-order chi connectivity index (χ0) is 15.5. The van der Waals surface area contributed by atoms with Gasteiger partial charge in [-0.05, 0) is 25.7 Å². The summed E-state index contributed by atoms with van der Waals surface area (Å²) >= 11 is 1.60. The van der Waals surface area contributed by atoms with Gasteiger partial charge in [0.2, 0.25) is 5.91 Å². The van der Waals surface area contributed by atoms with Crippen LogP contribution < -0.4 is 5.56 Å². The maximum atomic E-state index is 12.4. The van der Waals surface area contributed by atoms with Crippen molar-refractivity contribution in [1.82, 2.24) is 14.5 Å². The van der Waals surface area contributed by atoms with E-state index < -0.39 is 0 Å². The summed E-state index contributed by atoms with van der Waals surface area (Å²) < 4.78 is 1.73. The Hall–Kier alpha value is -1.30. The number of hydrogen-bond acceptors (Lipinski definition) is 4. The first-order valence-electron chi connectivity index (χ1n) is 8.22. The highest BCUT2D eigenvalue weighted by Gasteiger charge is 2.29. The fourth-order valence-corrected chi connectivity index (χ4v) is 4.38. The molecule has 1 aromatic rings. The van der Waals surface area contributed by atoms with Crippen LogP contribution in [0.4, 0.5) is 0 Å². The average molecular weight is 321 g/mol. The molecule has 6 heteroatoms. The van der Waals surface area contributed by atoms with Crippen molar-refractivity contribution < 1.29 is 4.79 Å². The van der Waals surface area contributed by atoms with Gasteiger partial charge in [-0.3, -0.25) is 14.2 Å². The SMILES string of the molecule is CCCc1cc(=O)n2c(n1)SCC2CC(=O)N1CCCCC1. The number of piperidine rings is 1. The Labute approximate surface area is 135 Å². The quantitative estimate of drug-likeness (QED) is 0.798. The van der Waals surface area contributed by atoms with Gasteiger partial charge in [0.1, 0.15) is 0 Å². The third-order valence-corrected chi connectivity index (χ3v) is 5.47. The molecule has 2 aliphatic heterocycles. The second-order valence-corrected chi connectivity index (χ2v) is 7.09. The average Bonchev–Trinajstić information content (AvgIpc) is 2.92. The van der Waals surface area contributed by atoms with E-state index in [0.29, 0.717) is 6.42 Å². The molecule has 1 fully saturated rings. The first kappa shape index (κ1) is 15.6. The number of carbonyl (C=O) groups excluding carboxylic acids is 1. The second-order valence-electron chi connectivity index (χ2n) is 6.10. The minimum absolute atomic E-state index is 0.00473. The highest BCUT2D eigenvalue weighted by molar-refractivity contribution is 7.99. The Morgan fingerprint density at radius 1 is 1.36 bits per heavy atom. The third kappa shape index (κ3) is 3.21. The number of fused-ring (bicyclic) bond motifs is 1. The molecule has 0 saturated carbocycles. The van der Waals surface area contributed by atoms with Gasteiger partial charge in [-0.1, -0.05) is 25.1 Å². The van der Waals surface area contributed by atoms with E-state index in [1.807, 2.05) is 4.90 Å². The molecule has 5 nitrogen and oxygen atoms in total. The molecule has 1 aromatic heterocycles. The van der Waals surface area contributed by atoms with Crippen LogP contribution in [0.5, 0.6) is 0 Å². The van der Waals surface area contributed by atoms with Gasteiger partial charge >= 0.3 is 0 Å². The van der Waals surface area contributed by atoms with Crippen molar-refractivity contribution in [2.45, 2.75) is 56.6 Å². The zero-order valence-electron chi connectivity index (χ0n) is 13.1. The van der Waals surface area contributed by atoms with Crippen LogP contribution in [0.15, 0.2) is 16.0 Å². The van der Waals surface area contributed by atoms with E-state index in [2.05, 4.69) is 11.9 Å². The molecule has 1 atom stereocenters. The summed E-state index contributed by atoms with van der Waals surface area (Å²) in [6.07, 6.45) is 5.66. The molecule has 1 saturated heterocycles. The number of rotatable bonds is 4. The number of amides is 1. The predicted octanol–water partition coefficient (Wildman–Crippen LogP) is 2.25. The predicted molar refractivity (Wildman–Crippen MR) is 87.3 cm³/mol. The molecule has 120 valence electrons. The molecule has 0 radical (unpaired) electrons. The molecule has 3 rings (SSSR count). The minimum Gasteiger partial charge on any atom is -0.343 e. The molecule has 22 heavy (non-hydrogen) atoms. The Bertz CT molecular complexity index is 608. The molecular formula is C16H23N3O2S. The fourth-order valence-electron chi connectivity index (χ4n) is 3.21. The van der Waals surface area contributed by atoms with Gasteiger partial charge in [-0.25, -0.2) is 4.98 Å². The van der Waals surface area contributed by atoms with Crippen LogP contribution in [0.1, 0.15) is 50.8 Å². The largest absolute Gasteiger partial charge is 0.343 e. The highest BCUT2D eigenvalue weighted by atomic mass is 32.2.